The second kappa shape index (κ2) is 5.96. The Kier molecular flexibility index (Phi) is 4.89. The number of halogens is 1. The molecule has 0 fully saturated rings. The second-order valence-corrected chi connectivity index (χ2v) is 4.13. The van der Waals surface area contributed by atoms with Gasteiger partial charge in [-0.15, -0.1) is 0 Å². The second-order valence-electron chi connectivity index (χ2n) is 3.27. The van der Waals surface area contributed by atoms with Crippen LogP contribution in [0.5, 0.6) is 17.2 Å². The number of aromatic hydroxyl groups is 1. The summed E-state index contributed by atoms with van der Waals surface area (Å²) in [6, 6.07) is 1.69. The number of nitrogens with one attached hydrogen (secondary N) is 1. The summed E-state index contributed by atoms with van der Waals surface area (Å²) in [5.41, 5.74) is 0.739. The van der Waals surface area contributed by atoms with Gasteiger partial charge >= 0.3 is 0 Å². The molecule has 0 saturated heterocycles. The van der Waals surface area contributed by atoms with E-state index >= 15 is 0 Å². The van der Waals surface area contributed by atoms with Gasteiger partial charge in [0.2, 0.25) is 0 Å². The zero-order valence-corrected chi connectivity index (χ0v) is 11.2. The van der Waals surface area contributed by atoms with E-state index in [9.17, 15) is 5.11 Å². The van der Waals surface area contributed by atoms with Crippen molar-refractivity contribution in [2.45, 2.75) is 6.42 Å². The summed E-state index contributed by atoms with van der Waals surface area (Å²) in [6.07, 6.45) is 0.668. The molecule has 0 saturated carbocycles. The number of benzene rings is 1. The van der Waals surface area contributed by atoms with E-state index in [0.29, 0.717) is 22.4 Å². The van der Waals surface area contributed by atoms with E-state index in [1.807, 2.05) is 7.05 Å². The first kappa shape index (κ1) is 13.1. The van der Waals surface area contributed by atoms with E-state index in [4.69, 9.17) is 9.47 Å². The van der Waals surface area contributed by atoms with Crippen LogP contribution in [0.4, 0.5) is 0 Å². The molecule has 1 rings (SSSR count). The van der Waals surface area contributed by atoms with Gasteiger partial charge < -0.3 is 19.9 Å². The molecule has 0 atom stereocenters. The van der Waals surface area contributed by atoms with E-state index in [1.165, 1.54) is 0 Å². The van der Waals surface area contributed by atoms with Crippen molar-refractivity contribution in [1.82, 2.24) is 5.32 Å². The minimum atomic E-state index is 0.202. The summed E-state index contributed by atoms with van der Waals surface area (Å²) in [4.78, 5) is 0. The Morgan fingerprint density at radius 2 is 2.06 bits per heavy atom. The molecule has 0 aliphatic carbocycles. The van der Waals surface area contributed by atoms with Crippen LogP contribution in [0, 0.1) is 0 Å². The minimum absolute atomic E-state index is 0.202. The van der Waals surface area contributed by atoms with E-state index in [0.717, 1.165) is 12.1 Å². The third-order valence-corrected chi connectivity index (χ3v) is 2.92. The number of likely N-dealkylation sites (N-methyl/N-ethyl adjacent to an activating group) is 1. The topological polar surface area (TPSA) is 50.7 Å². The molecular weight excluding hydrogens is 274 g/mol. The van der Waals surface area contributed by atoms with Gasteiger partial charge in [0.15, 0.2) is 11.5 Å². The Bertz CT molecular complexity index is 369. The zero-order valence-electron chi connectivity index (χ0n) is 9.63. The van der Waals surface area contributed by atoms with Crippen molar-refractivity contribution in [1.29, 1.82) is 0 Å². The first-order chi connectivity index (χ1) is 7.65. The number of phenols is 1. The SMILES string of the molecule is CNCCc1c(O)c(Br)cc(OC)c1OC. The lowest BCUT2D eigenvalue weighted by Crippen LogP contribution is -2.11. The first-order valence-corrected chi connectivity index (χ1v) is 5.71. The van der Waals surface area contributed by atoms with Crippen molar-refractivity contribution in [2.24, 2.45) is 0 Å². The Morgan fingerprint density at radius 3 is 2.56 bits per heavy atom. The quantitative estimate of drug-likeness (QED) is 0.870. The highest BCUT2D eigenvalue weighted by atomic mass is 79.9. The van der Waals surface area contributed by atoms with E-state index in [2.05, 4.69) is 21.2 Å². The normalized spacial score (nSPS) is 10.2. The number of hydrogen-bond donors (Lipinski definition) is 2. The van der Waals surface area contributed by atoms with Gasteiger partial charge in [0, 0.05) is 11.6 Å². The Morgan fingerprint density at radius 1 is 1.38 bits per heavy atom. The molecule has 2 N–H and O–H groups in total. The van der Waals surface area contributed by atoms with Gasteiger partial charge in [-0.1, -0.05) is 0 Å². The molecule has 0 aliphatic rings. The van der Waals surface area contributed by atoms with Gasteiger partial charge in [-0.25, -0.2) is 0 Å². The van der Waals surface area contributed by atoms with Gasteiger partial charge in [-0.3, -0.25) is 0 Å². The van der Waals surface area contributed by atoms with Crippen LogP contribution in [0.3, 0.4) is 0 Å². The molecule has 0 spiro atoms. The molecule has 0 unspecified atom stereocenters. The summed E-state index contributed by atoms with van der Waals surface area (Å²) in [6.45, 7) is 0.753. The molecule has 0 bridgehead atoms. The smallest absolute Gasteiger partial charge is 0.167 e. The molecule has 0 amide bonds. The zero-order chi connectivity index (χ0) is 12.1. The summed E-state index contributed by atoms with van der Waals surface area (Å²) in [7, 11) is 5.00. The van der Waals surface area contributed by atoms with Crippen molar-refractivity contribution in [3.8, 4) is 17.2 Å². The van der Waals surface area contributed by atoms with Crippen LogP contribution in [0.2, 0.25) is 0 Å². The molecule has 0 radical (unpaired) electrons. The van der Waals surface area contributed by atoms with E-state index < -0.39 is 0 Å². The summed E-state index contributed by atoms with van der Waals surface area (Å²) < 4.78 is 11.1. The van der Waals surface area contributed by atoms with Crippen LogP contribution in [-0.4, -0.2) is 32.9 Å². The number of phenolic OH excluding ortho intramolecular Hbond substituents is 1. The third kappa shape index (κ3) is 2.59. The van der Waals surface area contributed by atoms with E-state index in [-0.39, 0.29) is 5.75 Å². The fraction of sp³-hybridized carbons (Fsp3) is 0.455. The molecule has 0 aliphatic heterocycles. The van der Waals surface area contributed by atoms with Crippen LogP contribution in [0.25, 0.3) is 0 Å². The van der Waals surface area contributed by atoms with Crippen molar-refractivity contribution < 1.29 is 14.6 Å². The van der Waals surface area contributed by atoms with Gasteiger partial charge in [0.25, 0.3) is 0 Å². The summed E-state index contributed by atoms with van der Waals surface area (Å²) in [5, 5.41) is 13.0. The molecule has 90 valence electrons. The average molecular weight is 290 g/mol. The Hall–Kier alpha value is -0.940. The van der Waals surface area contributed by atoms with Crippen molar-refractivity contribution in [3.63, 3.8) is 0 Å². The van der Waals surface area contributed by atoms with Crippen molar-refractivity contribution in [2.75, 3.05) is 27.8 Å². The highest BCUT2D eigenvalue weighted by Gasteiger charge is 2.17. The lowest BCUT2D eigenvalue weighted by Gasteiger charge is -2.15. The van der Waals surface area contributed by atoms with Crippen LogP contribution < -0.4 is 14.8 Å². The van der Waals surface area contributed by atoms with Crippen molar-refractivity contribution in [3.05, 3.63) is 16.1 Å². The molecule has 1 aromatic carbocycles. The number of methoxy groups -OCH3 is 2. The van der Waals surface area contributed by atoms with Crippen LogP contribution in [0.1, 0.15) is 5.56 Å². The minimum Gasteiger partial charge on any atom is -0.506 e. The lowest BCUT2D eigenvalue weighted by molar-refractivity contribution is 0.346. The number of rotatable bonds is 5. The number of ether oxygens (including phenoxy) is 2. The lowest BCUT2D eigenvalue weighted by atomic mass is 10.1. The van der Waals surface area contributed by atoms with E-state index in [1.54, 1.807) is 20.3 Å². The number of hydrogen-bond acceptors (Lipinski definition) is 4. The fourth-order valence-electron chi connectivity index (χ4n) is 1.51. The molecule has 1 aromatic rings. The molecule has 16 heavy (non-hydrogen) atoms. The maximum atomic E-state index is 9.95. The van der Waals surface area contributed by atoms with Gasteiger partial charge in [-0.2, -0.15) is 0 Å². The standard InChI is InChI=1S/C11H16BrNO3/c1-13-5-4-7-10(14)8(12)6-9(15-2)11(7)16-3/h6,13-14H,4-5H2,1-3H3. The monoisotopic (exact) mass is 289 g/mol. The third-order valence-electron chi connectivity index (χ3n) is 2.32. The van der Waals surface area contributed by atoms with Gasteiger partial charge in [0.1, 0.15) is 5.75 Å². The average Bonchev–Trinajstić information content (AvgIpc) is 2.30. The summed E-state index contributed by atoms with van der Waals surface area (Å²) >= 11 is 3.29. The molecule has 4 nitrogen and oxygen atoms in total. The largest absolute Gasteiger partial charge is 0.506 e. The first-order valence-electron chi connectivity index (χ1n) is 4.92. The Labute approximate surface area is 104 Å². The highest BCUT2D eigenvalue weighted by molar-refractivity contribution is 9.10. The maximum Gasteiger partial charge on any atom is 0.167 e. The van der Waals surface area contributed by atoms with Crippen LogP contribution >= 0.6 is 15.9 Å². The van der Waals surface area contributed by atoms with Gasteiger partial charge in [0.05, 0.1) is 18.7 Å². The highest BCUT2D eigenvalue weighted by Crippen LogP contribution is 2.42. The maximum absolute atomic E-state index is 9.95. The molecule has 0 aromatic heterocycles. The van der Waals surface area contributed by atoms with Crippen LogP contribution in [0.15, 0.2) is 10.5 Å². The van der Waals surface area contributed by atoms with Gasteiger partial charge in [-0.05, 0) is 35.9 Å². The molecule has 5 heteroatoms. The molecular formula is C11H16BrNO3. The predicted molar refractivity (Wildman–Crippen MR) is 66.5 cm³/mol. The summed E-state index contributed by atoms with van der Waals surface area (Å²) in [5.74, 6) is 1.39. The molecule has 0 heterocycles. The Balaban J connectivity index is 3.23. The van der Waals surface area contributed by atoms with Crippen LogP contribution in [-0.2, 0) is 6.42 Å². The fourth-order valence-corrected chi connectivity index (χ4v) is 1.95. The predicted octanol–water partition coefficient (Wildman–Crippen LogP) is 1.93. The van der Waals surface area contributed by atoms with Crippen molar-refractivity contribution >= 4 is 15.9 Å².